The first-order valence-electron chi connectivity index (χ1n) is 9.31. The van der Waals surface area contributed by atoms with Crippen molar-refractivity contribution in [2.75, 3.05) is 12.4 Å². The molecule has 3 aromatic rings. The van der Waals surface area contributed by atoms with Crippen LogP contribution in [0, 0.1) is 0 Å². The molecule has 140 valence electrons. The highest BCUT2D eigenvalue weighted by Gasteiger charge is 2.50. The molecular weight excluding hydrogens is 360 g/mol. The molecular formula is C20H22N4O2S. The lowest BCUT2D eigenvalue weighted by Crippen LogP contribution is -2.28. The second-order valence-electron chi connectivity index (χ2n) is 7.72. The zero-order chi connectivity index (χ0) is 18.5. The van der Waals surface area contributed by atoms with Crippen LogP contribution in [0.3, 0.4) is 0 Å². The average Bonchev–Trinajstić information content (AvgIpc) is 3.18. The fourth-order valence-corrected chi connectivity index (χ4v) is 5.08. The second kappa shape index (κ2) is 6.21. The molecule has 7 heteroatoms. The van der Waals surface area contributed by atoms with Crippen LogP contribution in [0.5, 0.6) is 0 Å². The van der Waals surface area contributed by atoms with E-state index in [4.69, 9.17) is 4.42 Å². The van der Waals surface area contributed by atoms with Crippen molar-refractivity contribution in [1.29, 1.82) is 0 Å². The maximum absolute atomic E-state index is 9.77. The van der Waals surface area contributed by atoms with Crippen LogP contribution < -0.4 is 0 Å². The summed E-state index contributed by atoms with van der Waals surface area (Å²) in [4.78, 5) is 4.22. The van der Waals surface area contributed by atoms with Crippen molar-refractivity contribution in [2.24, 2.45) is 0 Å². The summed E-state index contributed by atoms with van der Waals surface area (Å²) in [6.45, 7) is 3.16. The number of aliphatic hydroxyl groups is 1. The van der Waals surface area contributed by atoms with Crippen LogP contribution in [0.2, 0.25) is 0 Å². The van der Waals surface area contributed by atoms with Crippen molar-refractivity contribution in [1.82, 2.24) is 19.7 Å². The molecule has 27 heavy (non-hydrogen) atoms. The summed E-state index contributed by atoms with van der Waals surface area (Å²) in [6.07, 6.45) is 6.19. The van der Waals surface area contributed by atoms with Crippen molar-refractivity contribution in [3.05, 3.63) is 53.9 Å². The highest BCUT2D eigenvalue weighted by molar-refractivity contribution is 8.00. The molecule has 2 aliphatic rings. The van der Waals surface area contributed by atoms with Crippen molar-refractivity contribution in [2.45, 2.75) is 42.9 Å². The third kappa shape index (κ3) is 2.80. The first-order chi connectivity index (χ1) is 13.1. The molecule has 1 saturated carbocycles. The van der Waals surface area contributed by atoms with Gasteiger partial charge in [-0.25, -0.2) is 4.98 Å². The van der Waals surface area contributed by atoms with Gasteiger partial charge >= 0.3 is 0 Å². The second-order valence-corrected chi connectivity index (χ2v) is 9.40. The van der Waals surface area contributed by atoms with Gasteiger partial charge in [0.1, 0.15) is 17.9 Å². The van der Waals surface area contributed by atoms with Crippen molar-refractivity contribution in [3.63, 3.8) is 0 Å². The lowest BCUT2D eigenvalue weighted by atomic mass is 9.94. The van der Waals surface area contributed by atoms with Crippen LogP contribution in [-0.4, -0.2) is 42.0 Å². The Kier molecular flexibility index (Phi) is 3.91. The minimum absolute atomic E-state index is 0.0367. The fraction of sp³-hybridized carbons (Fsp3) is 0.450. The molecule has 5 rings (SSSR count). The lowest BCUT2D eigenvalue weighted by molar-refractivity contribution is 0.254. The van der Waals surface area contributed by atoms with Crippen molar-refractivity contribution < 1.29 is 9.52 Å². The summed E-state index contributed by atoms with van der Waals surface area (Å²) in [7, 11) is 0. The van der Waals surface area contributed by atoms with Crippen LogP contribution in [-0.2, 0) is 18.4 Å². The lowest BCUT2D eigenvalue weighted by Gasteiger charge is -2.23. The topological polar surface area (TPSA) is 77.0 Å². The molecule has 1 N–H and O–H groups in total. The van der Waals surface area contributed by atoms with Crippen LogP contribution >= 0.6 is 11.8 Å². The number of hydrogen-bond donors (Lipinski definition) is 1. The minimum Gasteiger partial charge on any atom is -0.445 e. The molecule has 6 nitrogen and oxygen atoms in total. The summed E-state index contributed by atoms with van der Waals surface area (Å²) in [5, 5.41) is 18.9. The van der Waals surface area contributed by atoms with E-state index in [1.54, 1.807) is 12.5 Å². The maximum atomic E-state index is 9.77. The Balaban J connectivity index is 1.49. The number of thioether (sulfide) groups is 1. The van der Waals surface area contributed by atoms with E-state index >= 15 is 0 Å². The Hall–Kier alpha value is -2.12. The van der Waals surface area contributed by atoms with Gasteiger partial charge < -0.3 is 14.1 Å². The van der Waals surface area contributed by atoms with E-state index in [2.05, 4.69) is 50.9 Å². The normalized spacial score (nSPS) is 23.6. The Morgan fingerprint density at radius 2 is 2.04 bits per heavy atom. The Morgan fingerprint density at radius 1 is 1.22 bits per heavy atom. The van der Waals surface area contributed by atoms with Gasteiger partial charge in [-0.05, 0) is 37.5 Å². The maximum Gasteiger partial charge on any atom is 0.225 e. The summed E-state index contributed by atoms with van der Waals surface area (Å²) in [5.41, 5.74) is 2.22. The van der Waals surface area contributed by atoms with Gasteiger partial charge in [0.15, 0.2) is 0 Å². The Labute approximate surface area is 162 Å². The zero-order valence-electron chi connectivity index (χ0n) is 15.3. The SMILES string of the molecule is C[C@@]1(CO)Cc2nnc(C3(c4ccc(-c5ncco5)cc4)CC3)n2CCS1. The van der Waals surface area contributed by atoms with Crippen molar-refractivity contribution in [3.8, 4) is 11.5 Å². The molecule has 0 bridgehead atoms. The Bertz CT molecular complexity index is 947. The van der Waals surface area contributed by atoms with Gasteiger partial charge in [0, 0.05) is 29.0 Å². The van der Waals surface area contributed by atoms with Gasteiger partial charge in [0.25, 0.3) is 0 Å². The molecule has 0 radical (unpaired) electrons. The van der Waals surface area contributed by atoms with E-state index in [0.717, 1.165) is 48.8 Å². The van der Waals surface area contributed by atoms with Crippen LogP contribution in [0.25, 0.3) is 11.5 Å². The number of benzene rings is 1. The standard InChI is InChI=1S/C20H22N4O2S/c1-19(13-25)12-16-22-23-18(24(16)9-11-27-19)20(6-7-20)15-4-2-14(3-5-15)17-21-8-10-26-17/h2-5,8,10,25H,6-7,9,11-13H2,1H3/t19-/m0/s1. The summed E-state index contributed by atoms with van der Waals surface area (Å²) < 4.78 is 7.51. The van der Waals surface area contributed by atoms with E-state index in [0.29, 0.717) is 5.89 Å². The van der Waals surface area contributed by atoms with Crippen molar-refractivity contribution >= 4 is 11.8 Å². The van der Waals surface area contributed by atoms with E-state index in [1.807, 2.05) is 11.8 Å². The van der Waals surface area contributed by atoms with E-state index < -0.39 is 0 Å². The van der Waals surface area contributed by atoms with E-state index in [-0.39, 0.29) is 16.8 Å². The summed E-state index contributed by atoms with van der Waals surface area (Å²) in [6, 6.07) is 8.47. The van der Waals surface area contributed by atoms with Crippen LogP contribution in [0.15, 0.2) is 41.1 Å². The largest absolute Gasteiger partial charge is 0.445 e. The van der Waals surface area contributed by atoms with Gasteiger partial charge in [-0.3, -0.25) is 0 Å². The van der Waals surface area contributed by atoms with Gasteiger partial charge in [-0.2, -0.15) is 11.8 Å². The number of hydrogen-bond acceptors (Lipinski definition) is 6. The molecule has 3 heterocycles. The molecule has 1 atom stereocenters. The van der Waals surface area contributed by atoms with Crippen LogP contribution in [0.4, 0.5) is 0 Å². The molecule has 0 saturated heterocycles. The third-order valence-corrected chi connectivity index (χ3v) is 7.11. The highest BCUT2D eigenvalue weighted by atomic mass is 32.2. The fourth-order valence-electron chi connectivity index (χ4n) is 3.99. The number of fused-ring (bicyclic) bond motifs is 1. The predicted octanol–water partition coefficient (Wildman–Crippen LogP) is 3.05. The Morgan fingerprint density at radius 3 is 2.70 bits per heavy atom. The molecule has 0 amide bonds. The molecule has 1 aliphatic carbocycles. The summed E-state index contributed by atoms with van der Waals surface area (Å²) >= 11 is 1.83. The number of nitrogens with zero attached hydrogens (tertiary/aromatic N) is 4. The highest BCUT2D eigenvalue weighted by Crippen LogP contribution is 2.53. The first kappa shape index (κ1) is 17.0. The molecule has 0 spiro atoms. The minimum atomic E-state index is -0.174. The number of oxazole rings is 1. The van der Waals surface area contributed by atoms with Gasteiger partial charge in [-0.15, -0.1) is 10.2 Å². The molecule has 1 aliphatic heterocycles. The molecule has 0 unspecified atom stereocenters. The van der Waals surface area contributed by atoms with Gasteiger partial charge in [-0.1, -0.05) is 12.1 Å². The van der Waals surface area contributed by atoms with Crippen LogP contribution in [0.1, 0.15) is 37.0 Å². The number of rotatable bonds is 4. The predicted molar refractivity (Wildman–Crippen MR) is 104 cm³/mol. The monoisotopic (exact) mass is 382 g/mol. The number of aliphatic hydroxyl groups excluding tert-OH is 1. The molecule has 1 aromatic carbocycles. The van der Waals surface area contributed by atoms with Gasteiger partial charge in [0.05, 0.1) is 18.2 Å². The van der Waals surface area contributed by atoms with E-state index in [1.165, 1.54) is 5.56 Å². The number of aromatic nitrogens is 4. The zero-order valence-corrected chi connectivity index (χ0v) is 16.1. The molecule has 1 fully saturated rings. The van der Waals surface area contributed by atoms with E-state index in [9.17, 15) is 5.11 Å². The first-order valence-corrected chi connectivity index (χ1v) is 10.3. The molecule has 2 aromatic heterocycles. The smallest absolute Gasteiger partial charge is 0.225 e. The van der Waals surface area contributed by atoms with Gasteiger partial charge in [0.2, 0.25) is 5.89 Å². The quantitative estimate of drug-likeness (QED) is 0.747. The summed E-state index contributed by atoms with van der Waals surface area (Å²) in [5.74, 6) is 3.68. The average molecular weight is 382 g/mol. The third-order valence-electron chi connectivity index (χ3n) is 5.75.